The molecule has 0 aromatic heterocycles. The van der Waals surface area contributed by atoms with Crippen molar-refractivity contribution in [3.05, 3.63) is 30.3 Å². The van der Waals surface area contributed by atoms with Crippen LogP contribution in [0.15, 0.2) is 30.3 Å². The molecule has 104 valence electrons. The van der Waals surface area contributed by atoms with Crippen LogP contribution in [-0.2, 0) is 9.53 Å². The van der Waals surface area contributed by atoms with E-state index in [2.05, 4.69) is 5.32 Å². The standard InChI is InChI=1S/C14H20N2O3/c1-15-9-13-10-16(7-8-18-13)14(17)11-19-12-5-3-2-4-6-12/h2-6,13,15H,7-11H2,1H3. The zero-order chi connectivity index (χ0) is 13.5. The third-order valence-corrected chi connectivity index (χ3v) is 3.03. The molecule has 1 amide bonds. The Morgan fingerprint density at radius 3 is 3.00 bits per heavy atom. The van der Waals surface area contributed by atoms with Gasteiger partial charge in [-0.3, -0.25) is 4.79 Å². The molecule has 1 aliphatic heterocycles. The molecule has 1 atom stereocenters. The van der Waals surface area contributed by atoms with Gasteiger partial charge in [0.15, 0.2) is 6.61 Å². The smallest absolute Gasteiger partial charge is 0.260 e. The second kappa shape index (κ2) is 7.11. The molecule has 0 bridgehead atoms. The molecule has 1 aromatic carbocycles. The lowest BCUT2D eigenvalue weighted by Gasteiger charge is -2.32. The van der Waals surface area contributed by atoms with Gasteiger partial charge in [0.25, 0.3) is 5.91 Å². The van der Waals surface area contributed by atoms with E-state index < -0.39 is 0 Å². The maximum absolute atomic E-state index is 12.0. The van der Waals surface area contributed by atoms with Gasteiger partial charge in [-0.1, -0.05) is 18.2 Å². The highest BCUT2D eigenvalue weighted by atomic mass is 16.5. The number of likely N-dealkylation sites (N-methyl/N-ethyl adjacent to an activating group) is 1. The SMILES string of the molecule is CNCC1CN(C(=O)COc2ccccc2)CCO1. The molecule has 1 unspecified atom stereocenters. The number of carbonyl (C=O) groups excluding carboxylic acids is 1. The second-order valence-corrected chi connectivity index (χ2v) is 4.49. The van der Waals surface area contributed by atoms with Crippen LogP contribution in [-0.4, -0.2) is 56.8 Å². The van der Waals surface area contributed by atoms with Crippen molar-refractivity contribution in [3.8, 4) is 5.75 Å². The van der Waals surface area contributed by atoms with Crippen molar-refractivity contribution in [1.82, 2.24) is 10.2 Å². The summed E-state index contributed by atoms with van der Waals surface area (Å²) >= 11 is 0. The van der Waals surface area contributed by atoms with Crippen LogP contribution in [0, 0.1) is 0 Å². The van der Waals surface area contributed by atoms with Crippen LogP contribution in [0.25, 0.3) is 0 Å². The number of hydrogen-bond donors (Lipinski definition) is 1. The summed E-state index contributed by atoms with van der Waals surface area (Å²) in [6.07, 6.45) is 0.0689. The Hall–Kier alpha value is -1.59. The van der Waals surface area contributed by atoms with Crippen molar-refractivity contribution < 1.29 is 14.3 Å². The van der Waals surface area contributed by atoms with E-state index in [0.29, 0.717) is 19.7 Å². The Bertz CT molecular complexity index is 395. The summed E-state index contributed by atoms with van der Waals surface area (Å²) in [5, 5.41) is 3.06. The number of morpholine rings is 1. The predicted molar refractivity (Wildman–Crippen MR) is 72.2 cm³/mol. The summed E-state index contributed by atoms with van der Waals surface area (Å²) in [4.78, 5) is 13.8. The first-order valence-electron chi connectivity index (χ1n) is 6.51. The molecule has 5 heteroatoms. The van der Waals surface area contributed by atoms with Gasteiger partial charge in [-0.15, -0.1) is 0 Å². The first-order chi connectivity index (χ1) is 9.29. The summed E-state index contributed by atoms with van der Waals surface area (Å²) < 4.78 is 11.0. The number of nitrogens with zero attached hydrogens (tertiary/aromatic N) is 1. The lowest BCUT2D eigenvalue weighted by Crippen LogP contribution is -2.49. The Kier molecular flexibility index (Phi) is 5.18. The van der Waals surface area contributed by atoms with Crippen LogP contribution in [0.4, 0.5) is 0 Å². The predicted octanol–water partition coefficient (Wildman–Crippen LogP) is 0.512. The molecule has 1 heterocycles. The lowest BCUT2D eigenvalue weighted by molar-refractivity contribution is -0.140. The molecule has 0 spiro atoms. The minimum Gasteiger partial charge on any atom is -0.484 e. The van der Waals surface area contributed by atoms with Gasteiger partial charge < -0.3 is 19.7 Å². The number of benzene rings is 1. The monoisotopic (exact) mass is 264 g/mol. The second-order valence-electron chi connectivity index (χ2n) is 4.49. The lowest BCUT2D eigenvalue weighted by atomic mass is 10.2. The van der Waals surface area contributed by atoms with E-state index in [4.69, 9.17) is 9.47 Å². The number of amides is 1. The number of nitrogens with one attached hydrogen (secondary N) is 1. The quantitative estimate of drug-likeness (QED) is 0.842. The van der Waals surface area contributed by atoms with E-state index in [1.54, 1.807) is 4.90 Å². The molecular formula is C14H20N2O3. The highest BCUT2D eigenvalue weighted by Gasteiger charge is 2.23. The molecule has 1 aliphatic rings. The zero-order valence-electron chi connectivity index (χ0n) is 11.2. The van der Waals surface area contributed by atoms with Crippen LogP contribution >= 0.6 is 0 Å². The fraction of sp³-hybridized carbons (Fsp3) is 0.500. The maximum atomic E-state index is 12.0. The van der Waals surface area contributed by atoms with E-state index in [9.17, 15) is 4.79 Å². The number of carbonyl (C=O) groups is 1. The molecule has 1 aromatic rings. The first kappa shape index (κ1) is 13.8. The molecule has 0 saturated carbocycles. The fourth-order valence-electron chi connectivity index (χ4n) is 2.05. The Morgan fingerprint density at radius 1 is 1.47 bits per heavy atom. The third-order valence-electron chi connectivity index (χ3n) is 3.03. The average Bonchev–Trinajstić information content (AvgIpc) is 2.46. The Morgan fingerprint density at radius 2 is 2.26 bits per heavy atom. The minimum absolute atomic E-state index is 0.00764. The van der Waals surface area contributed by atoms with Gasteiger partial charge in [0.1, 0.15) is 5.75 Å². The Balaban J connectivity index is 1.79. The van der Waals surface area contributed by atoms with Crippen LogP contribution < -0.4 is 10.1 Å². The highest BCUT2D eigenvalue weighted by molar-refractivity contribution is 5.77. The Labute approximate surface area is 113 Å². The molecule has 5 nitrogen and oxygen atoms in total. The van der Waals surface area contributed by atoms with Crippen LogP contribution in [0.5, 0.6) is 5.75 Å². The highest BCUT2D eigenvalue weighted by Crippen LogP contribution is 2.09. The van der Waals surface area contributed by atoms with Crippen LogP contribution in [0.1, 0.15) is 0 Å². The van der Waals surface area contributed by atoms with Crippen molar-refractivity contribution in [1.29, 1.82) is 0 Å². The average molecular weight is 264 g/mol. The van der Waals surface area contributed by atoms with Crippen molar-refractivity contribution >= 4 is 5.91 Å². The topological polar surface area (TPSA) is 50.8 Å². The number of para-hydroxylation sites is 1. The molecule has 0 aliphatic carbocycles. The van der Waals surface area contributed by atoms with Gasteiger partial charge >= 0.3 is 0 Å². The van der Waals surface area contributed by atoms with E-state index in [1.165, 1.54) is 0 Å². The van der Waals surface area contributed by atoms with Gasteiger partial charge in [0.2, 0.25) is 0 Å². The molecule has 2 rings (SSSR count). The van der Waals surface area contributed by atoms with Crippen molar-refractivity contribution in [3.63, 3.8) is 0 Å². The van der Waals surface area contributed by atoms with Gasteiger partial charge in [-0.2, -0.15) is 0 Å². The first-order valence-corrected chi connectivity index (χ1v) is 6.51. The van der Waals surface area contributed by atoms with E-state index in [1.807, 2.05) is 37.4 Å². The molecule has 19 heavy (non-hydrogen) atoms. The van der Waals surface area contributed by atoms with Gasteiger partial charge in [0, 0.05) is 19.6 Å². The summed E-state index contributed by atoms with van der Waals surface area (Å²) in [6, 6.07) is 9.38. The summed E-state index contributed by atoms with van der Waals surface area (Å²) in [5.41, 5.74) is 0. The number of ether oxygens (including phenoxy) is 2. The van der Waals surface area contributed by atoms with Crippen molar-refractivity contribution in [2.75, 3.05) is 39.9 Å². The summed E-state index contributed by atoms with van der Waals surface area (Å²) in [6.45, 7) is 2.68. The minimum atomic E-state index is 0.00764. The third kappa shape index (κ3) is 4.22. The molecular weight excluding hydrogens is 244 g/mol. The summed E-state index contributed by atoms with van der Waals surface area (Å²) in [5.74, 6) is 0.726. The van der Waals surface area contributed by atoms with Crippen molar-refractivity contribution in [2.24, 2.45) is 0 Å². The zero-order valence-corrected chi connectivity index (χ0v) is 11.2. The summed E-state index contributed by atoms with van der Waals surface area (Å²) in [7, 11) is 1.88. The number of rotatable bonds is 5. The van der Waals surface area contributed by atoms with E-state index in [-0.39, 0.29) is 18.6 Å². The molecule has 1 N–H and O–H groups in total. The van der Waals surface area contributed by atoms with Crippen LogP contribution in [0.3, 0.4) is 0 Å². The van der Waals surface area contributed by atoms with Gasteiger partial charge in [-0.05, 0) is 19.2 Å². The largest absolute Gasteiger partial charge is 0.484 e. The van der Waals surface area contributed by atoms with E-state index in [0.717, 1.165) is 12.3 Å². The van der Waals surface area contributed by atoms with Crippen molar-refractivity contribution in [2.45, 2.75) is 6.10 Å². The molecule has 0 radical (unpaired) electrons. The fourth-order valence-corrected chi connectivity index (χ4v) is 2.05. The van der Waals surface area contributed by atoms with E-state index >= 15 is 0 Å². The molecule has 1 fully saturated rings. The molecule has 1 saturated heterocycles. The van der Waals surface area contributed by atoms with Gasteiger partial charge in [-0.25, -0.2) is 0 Å². The van der Waals surface area contributed by atoms with Gasteiger partial charge in [0.05, 0.1) is 12.7 Å². The maximum Gasteiger partial charge on any atom is 0.260 e. The number of hydrogen-bond acceptors (Lipinski definition) is 4. The van der Waals surface area contributed by atoms with Crippen LogP contribution in [0.2, 0.25) is 0 Å². The normalized spacial score (nSPS) is 19.2.